The number of hydrogen-bond acceptors (Lipinski definition) is 4. The van der Waals surface area contributed by atoms with Crippen molar-refractivity contribution in [3.05, 3.63) is 108 Å². The Kier molecular flexibility index (Phi) is 4.03. The van der Waals surface area contributed by atoms with Crippen LogP contribution in [0.1, 0.15) is 16.7 Å². The number of pyridine rings is 1. The summed E-state index contributed by atoms with van der Waals surface area (Å²) >= 11 is 0. The predicted molar refractivity (Wildman–Crippen MR) is 114 cm³/mol. The number of carbonyl (C=O) groups is 1. The van der Waals surface area contributed by atoms with Gasteiger partial charge in [0.15, 0.2) is 0 Å². The van der Waals surface area contributed by atoms with E-state index >= 15 is 0 Å². The lowest BCUT2D eigenvalue weighted by Crippen LogP contribution is -2.36. The number of nitrogens with zero attached hydrogens (tertiary/aromatic N) is 1. The van der Waals surface area contributed by atoms with Crippen LogP contribution in [0, 0.1) is 0 Å². The van der Waals surface area contributed by atoms with Crippen LogP contribution in [-0.4, -0.2) is 21.1 Å². The zero-order valence-electron chi connectivity index (χ0n) is 15.9. The fourth-order valence-electron chi connectivity index (χ4n) is 4.25. The minimum Gasteiger partial charge on any atom is -0.508 e. The van der Waals surface area contributed by atoms with Crippen molar-refractivity contribution in [2.75, 3.05) is 5.32 Å². The Hall–Kier alpha value is -4.12. The molecule has 2 heterocycles. The average molecular weight is 394 g/mol. The second kappa shape index (κ2) is 6.74. The number of hydrogen-bond donors (Lipinski definition) is 3. The molecule has 1 aromatic heterocycles. The van der Waals surface area contributed by atoms with E-state index < -0.39 is 5.41 Å². The lowest BCUT2D eigenvalue weighted by Gasteiger charge is -2.29. The molecule has 146 valence electrons. The van der Waals surface area contributed by atoms with Crippen LogP contribution in [0.25, 0.3) is 11.1 Å². The summed E-state index contributed by atoms with van der Waals surface area (Å²) in [5, 5.41) is 22.7. The van der Waals surface area contributed by atoms with Gasteiger partial charge in [0, 0.05) is 29.1 Å². The van der Waals surface area contributed by atoms with Crippen LogP contribution in [0.3, 0.4) is 0 Å². The summed E-state index contributed by atoms with van der Waals surface area (Å²) in [5.74, 6) is 0.0647. The number of para-hydroxylation sites is 1. The number of amides is 1. The number of rotatable bonds is 3. The van der Waals surface area contributed by atoms with Crippen molar-refractivity contribution in [3.8, 4) is 22.6 Å². The highest BCUT2D eigenvalue weighted by atomic mass is 16.3. The van der Waals surface area contributed by atoms with Gasteiger partial charge >= 0.3 is 0 Å². The highest BCUT2D eigenvalue weighted by molar-refractivity contribution is 6.14. The van der Waals surface area contributed by atoms with Gasteiger partial charge in [-0.25, -0.2) is 0 Å². The van der Waals surface area contributed by atoms with Crippen molar-refractivity contribution < 1.29 is 15.0 Å². The zero-order chi connectivity index (χ0) is 20.7. The van der Waals surface area contributed by atoms with E-state index in [9.17, 15) is 15.0 Å². The summed E-state index contributed by atoms with van der Waals surface area (Å²) in [6.07, 6.45) is 3.48. The lowest BCUT2D eigenvalue weighted by molar-refractivity contribution is -0.118. The summed E-state index contributed by atoms with van der Waals surface area (Å²) in [6, 6.07) is 23.0. The van der Waals surface area contributed by atoms with Crippen LogP contribution in [0.4, 0.5) is 5.69 Å². The monoisotopic (exact) mass is 394 g/mol. The molecule has 3 aromatic carbocycles. The molecular formula is C25H18N2O3. The number of aromatic hydroxyl groups is 2. The van der Waals surface area contributed by atoms with E-state index in [0.717, 1.165) is 33.5 Å². The third-order valence-corrected chi connectivity index (χ3v) is 5.62. The van der Waals surface area contributed by atoms with Crippen molar-refractivity contribution >= 4 is 11.6 Å². The molecule has 0 saturated carbocycles. The quantitative estimate of drug-likeness (QED) is 0.480. The van der Waals surface area contributed by atoms with Gasteiger partial charge in [0.2, 0.25) is 5.91 Å². The molecule has 3 N–H and O–H groups in total. The first-order valence-electron chi connectivity index (χ1n) is 9.55. The Bertz CT molecular complexity index is 1190. The largest absolute Gasteiger partial charge is 0.508 e. The lowest BCUT2D eigenvalue weighted by atomic mass is 9.70. The molecule has 1 aliphatic heterocycles. The number of phenols is 2. The standard InChI is InChI=1S/C25H18N2O3/c28-19-10-6-17(7-11-19)25(18-8-12-20(29)13-9-18)22-5-1-4-21(23(22)27-24(25)30)16-3-2-14-26-15-16/h1-15,28-29H,(H,27,30). The molecule has 4 aromatic rings. The molecule has 0 spiro atoms. The van der Waals surface area contributed by atoms with Crippen molar-refractivity contribution in [1.82, 2.24) is 4.98 Å². The third-order valence-electron chi connectivity index (χ3n) is 5.62. The van der Waals surface area contributed by atoms with E-state index in [4.69, 9.17) is 0 Å². The summed E-state index contributed by atoms with van der Waals surface area (Å²) in [4.78, 5) is 17.9. The molecule has 0 unspecified atom stereocenters. The maximum absolute atomic E-state index is 13.7. The number of phenolic OH excluding ortho intramolecular Hbond substituents is 2. The van der Waals surface area contributed by atoms with Crippen molar-refractivity contribution in [3.63, 3.8) is 0 Å². The normalized spacial score (nSPS) is 14.2. The maximum atomic E-state index is 13.7. The van der Waals surface area contributed by atoms with Gasteiger partial charge in [-0.15, -0.1) is 0 Å². The Morgan fingerprint density at radius 1 is 0.767 bits per heavy atom. The second-order valence-electron chi connectivity index (χ2n) is 7.27. The molecule has 0 atom stereocenters. The van der Waals surface area contributed by atoms with Crippen LogP contribution < -0.4 is 5.32 Å². The first-order valence-corrected chi connectivity index (χ1v) is 9.55. The van der Waals surface area contributed by atoms with Crippen LogP contribution in [-0.2, 0) is 10.2 Å². The molecule has 0 fully saturated rings. The van der Waals surface area contributed by atoms with Gasteiger partial charge in [-0.1, -0.05) is 48.5 Å². The Morgan fingerprint density at radius 2 is 1.40 bits per heavy atom. The van der Waals surface area contributed by atoms with Crippen LogP contribution in [0.5, 0.6) is 11.5 Å². The summed E-state index contributed by atoms with van der Waals surface area (Å²) < 4.78 is 0. The van der Waals surface area contributed by atoms with Crippen LogP contribution in [0.15, 0.2) is 91.3 Å². The van der Waals surface area contributed by atoms with Gasteiger partial charge in [0.1, 0.15) is 16.9 Å². The van der Waals surface area contributed by atoms with Gasteiger partial charge in [-0.2, -0.15) is 0 Å². The van der Waals surface area contributed by atoms with Gasteiger partial charge in [-0.05, 0) is 41.5 Å². The first kappa shape index (κ1) is 17.9. The summed E-state index contributed by atoms with van der Waals surface area (Å²) in [7, 11) is 0. The second-order valence-corrected chi connectivity index (χ2v) is 7.27. The van der Waals surface area contributed by atoms with Crippen LogP contribution >= 0.6 is 0 Å². The molecule has 0 radical (unpaired) electrons. The molecule has 30 heavy (non-hydrogen) atoms. The van der Waals surface area contributed by atoms with Gasteiger partial charge in [0.25, 0.3) is 0 Å². The molecule has 0 saturated heterocycles. The predicted octanol–water partition coefficient (Wildman–Crippen LogP) is 4.45. The number of fused-ring (bicyclic) bond motifs is 1. The SMILES string of the molecule is O=C1Nc2c(-c3cccnc3)cccc2C1(c1ccc(O)cc1)c1ccc(O)cc1. The smallest absolute Gasteiger partial charge is 0.244 e. The zero-order valence-corrected chi connectivity index (χ0v) is 15.9. The van der Waals surface area contributed by atoms with E-state index in [1.54, 1.807) is 60.9 Å². The fourth-order valence-corrected chi connectivity index (χ4v) is 4.25. The maximum Gasteiger partial charge on any atom is 0.244 e. The molecule has 5 nitrogen and oxygen atoms in total. The van der Waals surface area contributed by atoms with Gasteiger partial charge < -0.3 is 15.5 Å². The number of nitrogens with one attached hydrogen (secondary N) is 1. The molecule has 5 rings (SSSR count). The summed E-state index contributed by atoms with van der Waals surface area (Å²) in [6.45, 7) is 0. The van der Waals surface area contributed by atoms with E-state index in [2.05, 4.69) is 10.3 Å². The van der Waals surface area contributed by atoms with Gasteiger partial charge in [-0.3, -0.25) is 9.78 Å². The topological polar surface area (TPSA) is 82.5 Å². The fraction of sp³-hybridized carbons (Fsp3) is 0.0400. The van der Waals surface area contributed by atoms with E-state index in [1.807, 2.05) is 30.3 Å². The molecule has 0 aliphatic carbocycles. The number of anilines is 1. The Morgan fingerprint density at radius 3 is 1.97 bits per heavy atom. The average Bonchev–Trinajstić information content (AvgIpc) is 3.08. The molecule has 0 bridgehead atoms. The van der Waals surface area contributed by atoms with E-state index in [-0.39, 0.29) is 17.4 Å². The molecule has 5 heteroatoms. The first-order chi connectivity index (χ1) is 14.6. The van der Waals surface area contributed by atoms with Gasteiger partial charge in [0.05, 0.1) is 5.69 Å². The van der Waals surface area contributed by atoms with E-state index in [1.165, 1.54) is 0 Å². The van der Waals surface area contributed by atoms with Crippen molar-refractivity contribution in [2.45, 2.75) is 5.41 Å². The number of aromatic nitrogens is 1. The highest BCUT2D eigenvalue weighted by Gasteiger charge is 2.50. The minimum absolute atomic E-state index is 0.127. The molecule has 1 aliphatic rings. The highest BCUT2D eigenvalue weighted by Crippen LogP contribution is 2.50. The minimum atomic E-state index is -1.12. The van der Waals surface area contributed by atoms with Crippen molar-refractivity contribution in [2.24, 2.45) is 0 Å². The third kappa shape index (κ3) is 2.56. The molecular weight excluding hydrogens is 376 g/mol. The number of carbonyl (C=O) groups excluding carboxylic acids is 1. The van der Waals surface area contributed by atoms with Crippen LogP contribution in [0.2, 0.25) is 0 Å². The van der Waals surface area contributed by atoms with Crippen molar-refractivity contribution in [1.29, 1.82) is 0 Å². The molecule has 1 amide bonds. The Balaban J connectivity index is 1.83. The Labute approximate surface area is 173 Å². The number of benzene rings is 3. The summed E-state index contributed by atoms with van der Waals surface area (Å²) in [5.41, 5.74) is 3.67. The van der Waals surface area contributed by atoms with E-state index in [0.29, 0.717) is 0 Å².